The molecule has 1 amide bonds. The molecular formula is C23H21NO4S. The third-order valence-electron chi connectivity index (χ3n) is 4.32. The lowest BCUT2D eigenvalue weighted by atomic mass is 10.0. The Bertz CT molecular complexity index is 979. The van der Waals surface area contributed by atoms with E-state index in [1.165, 1.54) is 11.3 Å². The van der Waals surface area contributed by atoms with Gasteiger partial charge in [-0.15, -0.1) is 11.3 Å². The van der Waals surface area contributed by atoms with E-state index in [-0.39, 0.29) is 17.6 Å². The number of carbonyl (C=O) groups is 3. The van der Waals surface area contributed by atoms with Gasteiger partial charge in [0.25, 0.3) is 5.91 Å². The lowest BCUT2D eigenvalue weighted by molar-refractivity contribution is -0.137. The Kier molecular flexibility index (Phi) is 6.57. The first kappa shape index (κ1) is 20.5. The predicted molar refractivity (Wildman–Crippen MR) is 112 cm³/mol. The van der Waals surface area contributed by atoms with Crippen LogP contribution in [0.25, 0.3) is 0 Å². The van der Waals surface area contributed by atoms with Gasteiger partial charge in [-0.05, 0) is 41.6 Å². The van der Waals surface area contributed by atoms with Crippen molar-refractivity contribution in [2.45, 2.75) is 19.9 Å². The zero-order valence-corrected chi connectivity index (χ0v) is 16.9. The summed E-state index contributed by atoms with van der Waals surface area (Å²) in [5.74, 6) is -0.792. The highest BCUT2D eigenvalue weighted by atomic mass is 32.1. The van der Waals surface area contributed by atoms with E-state index < -0.39 is 12.0 Å². The molecule has 6 heteroatoms. The molecule has 2 aromatic carbocycles. The lowest BCUT2D eigenvalue weighted by Crippen LogP contribution is -2.46. The summed E-state index contributed by atoms with van der Waals surface area (Å²) in [4.78, 5) is 37.9. The molecule has 1 aromatic heterocycles. The van der Waals surface area contributed by atoms with E-state index in [0.29, 0.717) is 21.8 Å². The van der Waals surface area contributed by atoms with Gasteiger partial charge in [-0.1, -0.05) is 50.2 Å². The quantitative estimate of drug-likeness (QED) is 0.359. The van der Waals surface area contributed by atoms with Crippen LogP contribution in [-0.4, -0.2) is 23.7 Å². The SMILES string of the molecule is CC(C)[C@@H](NC(=O)c1cccs1)C(=O)Oc1ccc(C(=O)c2ccccc2)cc1. The molecule has 29 heavy (non-hydrogen) atoms. The number of amides is 1. The fourth-order valence-electron chi connectivity index (χ4n) is 2.73. The minimum atomic E-state index is -0.782. The van der Waals surface area contributed by atoms with Crippen molar-refractivity contribution in [3.05, 3.63) is 88.1 Å². The second-order valence-electron chi connectivity index (χ2n) is 6.81. The highest BCUT2D eigenvalue weighted by molar-refractivity contribution is 7.12. The molecule has 0 fully saturated rings. The molecule has 1 N–H and O–H groups in total. The van der Waals surface area contributed by atoms with Crippen LogP contribution in [-0.2, 0) is 4.79 Å². The molecule has 0 aliphatic carbocycles. The van der Waals surface area contributed by atoms with Crippen LogP contribution in [0.4, 0.5) is 0 Å². The van der Waals surface area contributed by atoms with Gasteiger partial charge in [0.15, 0.2) is 5.78 Å². The zero-order chi connectivity index (χ0) is 20.8. The number of benzene rings is 2. The van der Waals surface area contributed by atoms with E-state index in [0.717, 1.165) is 0 Å². The minimum absolute atomic E-state index is 0.105. The molecule has 0 aliphatic rings. The van der Waals surface area contributed by atoms with Gasteiger partial charge in [-0.2, -0.15) is 0 Å². The molecular weight excluding hydrogens is 386 g/mol. The molecule has 0 unspecified atom stereocenters. The first-order valence-corrected chi connectivity index (χ1v) is 10.1. The van der Waals surface area contributed by atoms with Crippen LogP contribution >= 0.6 is 11.3 Å². The van der Waals surface area contributed by atoms with Crippen molar-refractivity contribution in [2.75, 3.05) is 0 Å². The van der Waals surface area contributed by atoms with Gasteiger partial charge in [0, 0.05) is 11.1 Å². The van der Waals surface area contributed by atoms with Crippen molar-refractivity contribution in [2.24, 2.45) is 5.92 Å². The molecule has 1 atom stereocenters. The fourth-order valence-corrected chi connectivity index (χ4v) is 3.35. The summed E-state index contributed by atoms with van der Waals surface area (Å²) in [6.45, 7) is 3.67. The van der Waals surface area contributed by atoms with Gasteiger partial charge >= 0.3 is 5.97 Å². The maximum atomic E-state index is 12.6. The van der Waals surface area contributed by atoms with Crippen molar-refractivity contribution >= 4 is 29.0 Å². The summed E-state index contributed by atoms with van der Waals surface area (Å²) in [7, 11) is 0. The van der Waals surface area contributed by atoms with Crippen LogP contribution in [0.2, 0.25) is 0 Å². The van der Waals surface area contributed by atoms with Crippen LogP contribution in [0.5, 0.6) is 5.75 Å². The van der Waals surface area contributed by atoms with E-state index in [1.54, 1.807) is 66.0 Å². The minimum Gasteiger partial charge on any atom is -0.425 e. The fraction of sp³-hybridized carbons (Fsp3) is 0.174. The van der Waals surface area contributed by atoms with Crippen molar-refractivity contribution in [1.29, 1.82) is 0 Å². The summed E-state index contributed by atoms with van der Waals surface area (Å²) in [6.07, 6.45) is 0. The Hall–Kier alpha value is -3.25. The van der Waals surface area contributed by atoms with Crippen LogP contribution < -0.4 is 10.1 Å². The van der Waals surface area contributed by atoms with Gasteiger partial charge in [0.1, 0.15) is 11.8 Å². The molecule has 1 heterocycles. The van der Waals surface area contributed by atoms with Crippen molar-refractivity contribution in [1.82, 2.24) is 5.32 Å². The van der Waals surface area contributed by atoms with Gasteiger partial charge < -0.3 is 10.1 Å². The number of ether oxygens (including phenoxy) is 1. The Labute approximate surface area is 173 Å². The Morgan fingerprint density at radius 1 is 0.862 bits per heavy atom. The maximum Gasteiger partial charge on any atom is 0.334 e. The van der Waals surface area contributed by atoms with Crippen molar-refractivity contribution in [3.63, 3.8) is 0 Å². The van der Waals surface area contributed by atoms with Gasteiger partial charge in [0.05, 0.1) is 4.88 Å². The summed E-state index contributed by atoms with van der Waals surface area (Å²) < 4.78 is 5.43. The molecule has 148 valence electrons. The van der Waals surface area contributed by atoms with Crippen LogP contribution in [0.15, 0.2) is 72.1 Å². The molecule has 0 radical (unpaired) electrons. The van der Waals surface area contributed by atoms with Gasteiger partial charge in [-0.25, -0.2) is 4.79 Å². The Morgan fingerprint density at radius 2 is 1.52 bits per heavy atom. The highest BCUT2D eigenvalue weighted by Gasteiger charge is 2.27. The molecule has 0 bridgehead atoms. The summed E-state index contributed by atoms with van der Waals surface area (Å²) in [5.41, 5.74) is 1.09. The first-order valence-electron chi connectivity index (χ1n) is 9.21. The standard InChI is InChI=1S/C23H21NO4S/c1-15(2)20(24-22(26)19-9-6-14-29-19)23(27)28-18-12-10-17(11-13-18)21(25)16-7-4-3-5-8-16/h3-15,20H,1-2H3,(H,24,26)/t20-/m1/s1. The van der Waals surface area contributed by atoms with E-state index in [9.17, 15) is 14.4 Å². The Balaban J connectivity index is 1.67. The molecule has 0 aliphatic heterocycles. The Morgan fingerprint density at radius 3 is 2.10 bits per heavy atom. The number of esters is 1. The molecule has 5 nitrogen and oxygen atoms in total. The van der Waals surface area contributed by atoms with Gasteiger partial charge in [-0.3, -0.25) is 9.59 Å². The number of ketones is 1. The van der Waals surface area contributed by atoms with E-state index >= 15 is 0 Å². The first-order chi connectivity index (χ1) is 14.0. The summed E-state index contributed by atoms with van der Waals surface area (Å²) >= 11 is 1.31. The molecule has 3 rings (SSSR count). The van der Waals surface area contributed by atoms with Crippen molar-refractivity contribution in [3.8, 4) is 5.75 Å². The average Bonchev–Trinajstić information content (AvgIpc) is 3.27. The monoisotopic (exact) mass is 407 g/mol. The number of hydrogen-bond acceptors (Lipinski definition) is 5. The molecule has 0 saturated heterocycles. The number of nitrogens with one attached hydrogen (secondary N) is 1. The molecule has 3 aromatic rings. The lowest BCUT2D eigenvalue weighted by Gasteiger charge is -2.20. The molecule has 0 saturated carbocycles. The highest BCUT2D eigenvalue weighted by Crippen LogP contribution is 2.17. The third-order valence-corrected chi connectivity index (χ3v) is 5.19. The van der Waals surface area contributed by atoms with Crippen LogP contribution in [0.3, 0.4) is 0 Å². The molecule has 0 spiro atoms. The summed E-state index contributed by atoms with van der Waals surface area (Å²) in [5, 5.41) is 4.53. The number of carbonyl (C=O) groups excluding carboxylic acids is 3. The van der Waals surface area contributed by atoms with Crippen molar-refractivity contribution < 1.29 is 19.1 Å². The van der Waals surface area contributed by atoms with E-state index in [2.05, 4.69) is 5.32 Å². The normalized spacial score (nSPS) is 11.7. The number of rotatable bonds is 7. The van der Waals surface area contributed by atoms with Crippen LogP contribution in [0.1, 0.15) is 39.4 Å². The number of hydrogen-bond donors (Lipinski definition) is 1. The van der Waals surface area contributed by atoms with E-state index in [1.807, 2.05) is 19.9 Å². The van der Waals surface area contributed by atoms with Gasteiger partial charge in [0.2, 0.25) is 0 Å². The predicted octanol–water partition coefficient (Wildman–Crippen LogP) is 4.34. The second-order valence-corrected chi connectivity index (χ2v) is 7.76. The maximum absolute atomic E-state index is 12.6. The third kappa shape index (κ3) is 5.18. The largest absolute Gasteiger partial charge is 0.425 e. The number of thiophene rings is 1. The van der Waals surface area contributed by atoms with Crippen LogP contribution in [0, 0.1) is 5.92 Å². The summed E-state index contributed by atoms with van der Waals surface area (Å²) in [6, 6.07) is 18.0. The van der Waals surface area contributed by atoms with E-state index in [4.69, 9.17) is 4.74 Å². The topological polar surface area (TPSA) is 72.5 Å². The zero-order valence-electron chi connectivity index (χ0n) is 16.1. The average molecular weight is 407 g/mol. The smallest absolute Gasteiger partial charge is 0.334 e. The second kappa shape index (κ2) is 9.30.